The zero-order valence-corrected chi connectivity index (χ0v) is 16.1. The van der Waals surface area contributed by atoms with Gasteiger partial charge in [0.25, 0.3) is 0 Å². The third kappa shape index (κ3) is 3.27. The molecule has 0 aromatic heterocycles. The first-order valence-electron chi connectivity index (χ1n) is 8.34. The lowest BCUT2D eigenvalue weighted by Crippen LogP contribution is -2.48. The number of morpholine rings is 1. The van der Waals surface area contributed by atoms with Gasteiger partial charge in [0.05, 0.1) is 36.3 Å². The van der Waals surface area contributed by atoms with Crippen molar-refractivity contribution in [2.45, 2.75) is 6.10 Å². The highest BCUT2D eigenvalue weighted by Crippen LogP contribution is 2.45. The maximum absolute atomic E-state index is 13.3. The van der Waals surface area contributed by atoms with E-state index in [0.717, 1.165) is 13.1 Å². The summed E-state index contributed by atoms with van der Waals surface area (Å²) < 4.78 is 35.3. The van der Waals surface area contributed by atoms with E-state index in [1.807, 2.05) is 61.6 Å². The summed E-state index contributed by atoms with van der Waals surface area (Å²) in [5.74, 6) is 0. The Hall–Kier alpha value is -1.80. The second kappa shape index (κ2) is 7.44. The molecule has 0 spiro atoms. The summed E-state index contributed by atoms with van der Waals surface area (Å²) in [6, 6.07) is 16.6. The Balaban J connectivity index is 0.00000196. The van der Waals surface area contributed by atoms with Crippen molar-refractivity contribution in [2.24, 2.45) is 0 Å². The zero-order chi connectivity index (χ0) is 17.4. The minimum absolute atomic E-state index is 0. The molecule has 0 amide bonds. The molecule has 0 radical (unpaired) electrons. The molecule has 2 heterocycles. The van der Waals surface area contributed by atoms with E-state index < -0.39 is 10.2 Å². The van der Waals surface area contributed by atoms with E-state index in [2.05, 4.69) is 4.90 Å². The molecule has 140 valence electrons. The highest BCUT2D eigenvalue weighted by Gasteiger charge is 2.42. The first-order valence-corrected chi connectivity index (χ1v) is 9.74. The van der Waals surface area contributed by atoms with Gasteiger partial charge in [-0.25, -0.2) is 8.61 Å². The monoisotopic (exact) mass is 395 g/mol. The standard InChI is InChI=1S/C18H21N3O3S.ClH/c1-19-11-12-24-16(13-19)14-20-17-9-5-6-10-18(17)21(25(20,22)23)15-7-3-2-4-8-15;/h2-10,16H,11-14H2,1H3;1H. The van der Waals surface area contributed by atoms with Gasteiger partial charge >= 0.3 is 10.2 Å². The molecule has 1 unspecified atom stereocenters. The molecular weight excluding hydrogens is 374 g/mol. The van der Waals surface area contributed by atoms with Crippen LogP contribution in [0.15, 0.2) is 54.6 Å². The van der Waals surface area contributed by atoms with E-state index in [-0.39, 0.29) is 18.5 Å². The smallest absolute Gasteiger partial charge is 0.331 e. The minimum Gasteiger partial charge on any atom is -0.374 e. The van der Waals surface area contributed by atoms with Crippen LogP contribution in [0.2, 0.25) is 0 Å². The largest absolute Gasteiger partial charge is 0.374 e. The molecule has 2 aromatic rings. The Bertz CT molecular complexity index is 863. The topological polar surface area (TPSA) is 53.1 Å². The van der Waals surface area contributed by atoms with Gasteiger partial charge in [-0.3, -0.25) is 0 Å². The summed E-state index contributed by atoms with van der Waals surface area (Å²) in [6.45, 7) is 2.53. The van der Waals surface area contributed by atoms with Crippen molar-refractivity contribution < 1.29 is 13.2 Å². The molecule has 0 N–H and O–H groups in total. The van der Waals surface area contributed by atoms with Gasteiger partial charge in [-0.1, -0.05) is 30.3 Å². The number of anilines is 3. The van der Waals surface area contributed by atoms with Gasteiger partial charge < -0.3 is 9.64 Å². The van der Waals surface area contributed by atoms with Crippen LogP contribution in [0.1, 0.15) is 0 Å². The molecule has 4 rings (SSSR count). The van der Waals surface area contributed by atoms with Gasteiger partial charge in [0, 0.05) is 13.1 Å². The first-order chi connectivity index (χ1) is 12.1. The Morgan fingerprint density at radius 2 is 1.69 bits per heavy atom. The summed E-state index contributed by atoms with van der Waals surface area (Å²) in [5.41, 5.74) is 2.01. The molecule has 1 fully saturated rings. The van der Waals surface area contributed by atoms with Crippen LogP contribution in [-0.2, 0) is 14.9 Å². The molecule has 6 nitrogen and oxygen atoms in total. The van der Waals surface area contributed by atoms with Crippen LogP contribution >= 0.6 is 12.4 Å². The predicted molar refractivity (Wildman–Crippen MR) is 106 cm³/mol. The fourth-order valence-corrected chi connectivity index (χ4v) is 5.13. The zero-order valence-electron chi connectivity index (χ0n) is 14.5. The Morgan fingerprint density at radius 1 is 1.04 bits per heavy atom. The number of fused-ring (bicyclic) bond motifs is 1. The molecule has 0 aliphatic carbocycles. The summed E-state index contributed by atoms with van der Waals surface area (Å²) in [7, 11) is -1.66. The van der Waals surface area contributed by atoms with Crippen LogP contribution in [0.25, 0.3) is 0 Å². The third-order valence-electron chi connectivity index (χ3n) is 4.58. The minimum atomic E-state index is -3.69. The van der Waals surface area contributed by atoms with Crippen molar-refractivity contribution in [2.75, 3.05) is 41.9 Å². The normalized spacial score (nSPS) is 22.0. The molecule has 2 aliphatic rings. The number of benzene rings is 2. The molecular formula is C18H22ClN3O3S. The summed E-state index contributed by atoms with van der Waals surface area (Å²) in [6.07, 6.45) is -0.141. The van der Waals surface area contributed by atoms with Crippen molar-refractivity contribution in [1.82, 2.24) is 4.90 Å². The van der Waals surface area contributed by atoms with E-state index in [4.69, 9.17) is 4.74 Å². The fraction of sp³-hybridized carbons (Fsp3) is 0.333. The van der Waals surface area contributed by atoms with Crippen LogP contribution in [0.4, 0.5) is 17.1 Å². The number of hydrogen-bond acceptors (Lipinski definition) is 4. The Kier molecular flexibility index (Phi) is 5.43. The Morgan fingerprint density at radius 3 is 2.38 bits per heavy atom. The number of rotatable bonds is 3. The molecule has 1 atom stereocenters. The van der Waals surface area contributed by atoms with Crippen molar-refractivity contribution >= 4 is 39.7 Å². The van der Waals surface area contributed by atoms with E-state index in [1.165, 1.54) is 8.61 Å². The van der Waals surface area contributed by atoms with Crippen molar-refractivity contribution in [3.63, 3.8) is 0 Å². The van der Waals surface area contributed by atoms with Crippen molar-refractivity contribution in [3.8, 4) is 0 Å². The fourth-order valence-electron chi connectivity index (χ4n) is 3.38. The second-order valence-corrected chi connectivity index (χ2v) is 8.08. The van der Waals surface area contributed by atoms with Gasteiger partial charge in [0.1, 0.15) is 0 Å². The highest BCUT2D eigenvalue weighted by molar-refractivity contribution is 7.95. The highest BCUT2D eigenvalue weighted by atomic mass is 35.5. The molecule has 26 heavy (non-hydrogen) atoms. The number of nitrogens with zero attached hydrogens (tertiary/aromatic N) is 3. The van der Waals surface area contributed by atoms with Crippen LogP contribution in [0.3, 0.4) is 0 Å². The lowest BCUT2D eigenvalue weighted by atomic mass is 10.2. The molecule has 8 heteroatoms. The maximum atomic E-state index is 13.3. The number of para-hydroxylation sites is 3. The maximum Gasteiger partial charge on any atom is 0.331 e. The summed E-state index contributed by atoms with van der Waals surface area (Å²) in [5, 5.41) is 0. The van der Waals surface area contributed by atoms with E-state index in [1.54, 1.807) is 0 Å². The lowest BCUT2D eigenvalue weighted by Gasteiger charge is -2.32. The van der Waals surface area contributed by atoms with Gasteiger partial charge in [-0.05, 0) is 31.3 Å². The number of ether oxygens (including phenoxy) is 1. The average molecular weight is 396 g/mol. The van der Waals surface area contributed by atoms with Crippen molar-refractivity contribution in [3.05, 3.63) is 54.6 Å². The molecule has 0 saturated carbocycles. The summed E-state index contributed by atoms with van der Waals surface area (Å²) in [4.78, 5) is 2.16. The average Bonchev–Trinajstić information content (AvgIpc) is 2.83. The number of halogens is 1. The Labute approximate surface area is 160 Å². The quantitative estimate of drug-likeness (QED) is 0.801. The number of likely N-dealkylation sites (N-methyl/N-ethyl adjacent to an activating group) is 1. The van der Waals surface area contributed by atoms with Gasteiger partial charge in [-0.2, -0.15) is 8.42 Å². The first kappa shape index (κ1) is 19.0. The van der Waals surface area contributed by atoms with E-state index >= 15 is 0 Å². The van der Waals surface area contributed by atoms with Crippen molar-refractivity contribution in [1.29, 1.82) is 0 Å². The SMILES string of the molecule is CN1CCOC(CN2c3ccccc3N(c3ccccc3)S2(=O)=O)C1.Cl. The van der Waals surface area contributed by atoms with E-state index in [9.17, 15) is 8.42 Å². The van der Waals surface area contributed by atoms with Gasteiger partial charge in [0.2, 0.25) is 0 Å². The predicted octanol–water partition coefficient (Wildman–Crippen LogP) is 2.64. The second-order valence-electron chi connectivity index (χ2n) is 6.38. The van der Waals surface area contributed by atoms with Gasteiger partial charge in [0.15, 0.2) is 0 Å². The summed E-state index contributed by atoms with van der Waals surface area (Å²) >= 11 is 0. The lowest BCUT2D eigenvalue weighted by molar-refractivity contribution is -0.0132. The number of hydrogen-bond donors (Lipinski definition) is 0. The van der Waals surface area contributed by atoms with Gasteiger partial charge in [-0.15, -0.1) is 12.4 Å². The van der Waals surface area contributed by atoms with Crippen LogP contribution < -0.4 is 8.61 Å². The molecule has 2 aliphatic heterocycles. The molecule has 1 saturated heterocycles. The molecule has 2 aromatic carbocycles. The third-order valence-corrected chi connectivity index (χ3v) is 6.35. The van der Waals surface area contributed by atoms with Crippen LogP contribution in [0.5, 0.6) is 0 Å². The van der Waals surface area contributed by atoms with E-state index in [0.29, 0.717) is 30.2 Å². The van der Waals surface area contributed by atoms with Crippen LogP contribution in [0, 0.1) is 0 Å². The molecule has 0 bridgehead atoms. The van der Waals surface area contributed by atoms with Crippen LogP contribution in [-0.4, -0.2) is 52.7 Å².